The molecule has 1 aliphatic heterocycles. The topological polar surface area (TPSA) is 81.6 Å². The Balaban J connectivity index is 2.31. The monoisotopic (exact) mass is 236 g/mol. The molecule has 1 aromatic rings. The molecular weight excluding hydrogens is 220 g/mol. The smallest absolute Gasteiger partial charge is 0.241 e. The van der Waals surface area contributed by atoms with Crippen LogP contribution in [0.2, 0.25) is 0 Å². The molecule has 0 bridgehead atoms. The van der Waals surface area contributed by atoms with Gasteiger partial charge in [-0.2, -0.15) is 0 Å². The number of carbonyl (C=O) groups excluding carboxylic acids is 1. The van der Waals surface area contributed by atoms with Crippen LogP contribution in [0.1, 0.15) is 25.5 Å². The highest BCUT2D eigenvalue weighted by Gasteiger charge is 2.33. The molecule has 1 atom stereocenters. The molecule has 1 saturated heterocycles. The Hall–Kier alpha value is -1.75. The van der Waals surface area contributed by atoms with E-state index in [1.54, 1.807) is 6.07 Å². The van der Waals surface area contributed by atoms with Gasteiger partial charge in [-0.15, -0.1) is 0 Å². The van der Waals surface area contributed by atoms with Crippen molar-refractivity contribution in [1.29, 1.82) is 0 Å². The van der Waals surface area contributed by atoms with Gasteiger partial charge in [-0.05, 0) is 31.5 Å². The highest BCUT2D eigenvalue weighted by molar-refractivity contribution is 5.84. The fraction of sp³-hybridized carbons (Fsp3) is 0.417. The minimum Gasteiger partial charge on any atom is -0.504 e. The van der Waals surface area contributed by atoms with E-state index in [-0.39, 0.29) is 22.9 Å². The summed E-state index contributed by atoms with van der Waals surface area (Å²) in [5.41, 5.74) is 0.428. The number of nitrogens with one attached hydrogen (secondary N) is 2. The van der Waals surface area contributed by atoms with Gasteiger partial charge in [0, 0.05) is 12.1 Å². The second-order valence-corrected chi connectivity index (χ2v) is 4.93. The molecule has 2 rings (SSSR count). The molecule has 4 N–H and O–H groups in total. The van der Waals surface area contributed by atoms with E-state index in [1.165, 1.54) is 12.1 Å². The fourth-order valence-electron chi connectivity index (χ4n) is 1.87. The number of rotatable bonds is 1. The molecular formula is C12H16N2O3. The summed E-state index contributed by atoms with van der Waals surface area (Å²) < 4.78 is 0. The molecule has 1 heterocycles. The van der Waals surface area contributed by atoms with Crippen molar-refractivity contribution in [3.05, 3.63) is 23.8 Å². The van der Waals surface area contributed by atoms with Crippen molar-refractivity contribution in [3.63, 3.8) is 0 Å². The van der Waals surface area contributed by atoms with Crippen LogP contribution >= 0.6 is 0 Å². The van der Waals surface area contributed by atoms with Crippen LogP contribution in [-0.4, -0.2) is 28.2 Å². The molecule has 0 saturated carbocycles. The minimum absolute atomic E-state index is 0.130. The number of carbonyl (C=O) groups is 1. The standard InChI is InChI=1S/C12H16N2O3/c1-12(2)6-13-11(17)10(14-12)7-3-4-8(15)9(16)5-7/h3-5,10,14-16H,6H2,1-2H3,(H,13,17). The number of amides is 1. The summed E-state index contributed by atoms with van der Waals surface area (Å²) in [7, 11) is 0. The molecule has 0 spiro atoms. The van der Waals surface area contributed by atoms with Crippen molar-refractivity contribution in [3.8, 4) is 11.5 Å². The van der Waals surface area contributed by atoms with Gasteiger partial charge in [0.15, 0.2) is 11.5 Å². The average Bonchev–Trinajstić information content (AvgIpc) is 2.26. The van der Waals surface area contributed by atoms with Gasteiger partial charge in [-0.1, -0.05) is 6.07 Å². The Morgan fingerprint density at radius 1 is 1.29 bits per heavy atom. The van der Waals surface area contributed by atoms with Crippen LogP contribution in [0.15, 0.2) is 18.2 Å². The van der Waals surface area contributed by atoms with Crippen molar-refractivity contribution >= 4 is 5.91 Å². The summed E-state index contributed by atoms with van der Waals surface area (Å²) in [6, 6.07) is 3.88. The van der Waals surface area contributed by atoms with Crippen molar-refractivity contribution < 1.29 is 15.0 Å². The molecule has 0 aliphatic carbocycles. The Morgan fingerprint density at radius 3 is 2.65 bits per heavy atom. The van der Waals surface area contributed by atoms with Gasteiger partial charge < -0.3 is 15.5 Å². The van der Waals surface area contributed by atoms with Gasteiger partial charge >= 0.3 is 0 Å². The van der Waals surface area contributed by atoms with Crippen LogP contribution in [0.5, 0.6) is 11.5 Å². The van der Waals surface area contributed by atoms with E-state index < -0.39 is 6.04 Å². The molecule has 17 heavy (non-hydrogen) atoms. The first-order valence-electron chi connectivity index (χ1n) is 5.46. The van der Waals surface area contributed by atoms with Crippen molar-refractivity contribution in [2.45, 2.75) is 25.4 Å². The largest absolute Gasteiger partial charge is 0.504 e. The number of benzene rings is 1. The molecule has 1 unspecified atom stereocenters. The molecule has 1 aliphatic rings. The predicted molar refractivity (Wildman–Crippen MR) is 62.7 cm³/mol. The third-order valence-corrected chi connectivity index (χ3v) is 2.83. The van der Waals surface area contributed by atoms with Gasteiger partial charge in [0.25, 0.3) is 0 Å². The summed E-state index contributed by atoms with van der Waals surface area (Å²) >= 11 is 0. The molecule has 5 nitrogen and oxygen atoms in total. The lowest BCUT2D eigenvalue weighted by Gasteiger charge is -2.37. The second-order valence-electron chi connectivity index (χ2n) is 4.93. The van der Waals surface area contributed by atoms with Gasteiger partial charge in [-0.3, -0.25) is 10.1 Å². The lowest BCUT2D eigenvalue weighted by Crippen LogP contribution is -2.59. The van der Waals surface area contributed by atoms with Crippen molar-refractivity contribution in [1.82, 2.24) is 10.6 Å². The van der Waals surface area contributed by atoms with E-state index >= 15 is 0 Å². The Morgan fingerprint density at radius 2 is 2.00 bits per heavy atom. The van der Waals surface area contributed by atoms with Crippen molar-refractivity contribution in [2.24, 2.45) is 0 Å². The summed E-state index contributed by atoms with van der Waals surface area (Å²) in [5, 5.41) is 24.7. The molecule has 1 aromatic carbocycles. The highest BCUT2D eigenvalue weighted by atomic mass is 16.3. The molecule has 5 heteroatoms. The fourth-order valence-corrected chi connectivity index (χ4v) is 1.87. The van der Waals surface area contributed by atoms with Crippen LogP contribution in [0, 0.1) is 0 Å². The summed E-state index contributed by atoms with van der Waals surface area (Å²) in [4.78, 5) is 11.8. The van der Waals surface area contributed by atoms with E-state index in [4.69, 9.17) is 0 Å². The zero-order chi connectivity index (χ0) is 12.6. The highest BCUT2D eigenvalue weighted by Crippen LogP contribution is 2.29. The molecule has 1 fully saturated rings. The third kappa shape index (κ3) is 2.34. The van der Waals surface area contributed by atoms with E-state index in [0.29, 0.717) is 12.1 Å². The second kappa shape index (κ2) is 3.92. The number of phenols is 2. The maximum atomic E-state index is 11.8. The zero-order valence-corrected chi connectivity index (χ0v) is 9.82. The zero-order valence-electron chi connectivity index (χ0n) is 9.82. The van der Waals surface area contributed by atoms with Gasteiger partial charge in [0.2, 0.25) is 5.91 Å². The summed E-state index contributed by atoms with van der Waals surface area (Å²) in [6.45, 7) is 4.53. The van der Waals surface area contributed by atoms with Crippen molar-refractivity contribution in [2.75, 3.05) is 6.54 Å². The number of phenolic OH excluding ortho intramolecular Hbond substituents is 2. The maximum Gasteiger partial charge on any atom is 0.241 e. The van der Waals surface area contributed by atoms with Gasteiger partial charge in [0.05, 0.1) is 0 Å². The Bertz CT molecular complexity index is 457. The van der Waals surface area contributed by atoms with E-state index in [0.717, 1.165) is 0 Å². The lowest BCUT2D eigenvalue weighted by atomic mass is 9.95. The van der Waals surface area contributed by atoms with E-state index in [9.17, 15) is 15.0 Å². The maximum absolute atomic E-state index is 11.8. The van der Waals surface area contributed by atoms with Crippen LogP contribution in [0.3, 0.4) is 0 Å². The third-order valence-electron chi connectivity index (χ3n) is 2.83. The molecule has 1 amide bonds. The average molecular weight is 236 g/mol. The van der Waals surface area contributed by atoms with Crippen LogP contribution in [0.25, 0.3) is 0 Å². The molecule has 92 valence electrons. The first-order valence-corrected chi connectivity index (χ1v) is 5.46. The van der Waals surface area contributed by atoms with E-state index in [1.807, 2.05) is 13.8 Å². The Labute approximate surface area is 99.5 Å². The Kier molecular flexibility index (Phi) is 2.71. The summed E-state index contributed by atoms with van der Waals surface area (Å²) in [5.74, 6) is -0.542. The first-order chi connectivity index (χ1) is 7.89. The lowest BCUT2D eigenvalue weighted by molar-refractivity contribution is -0.126. The molecule has 0 radical (unpaired) electrons. The number of hydrogen-bond acceptors (Lipinski definition) is 4. The number of piperazine rings is 1. The van der Waals surface area contributed by atoms with Gasteiger partial charge in [0.1, 0.15) is 6.04 Å². The van der Waals surface area contributed by atoms with Gasteiger partial charge in [-0.25, -0.2) is 0 Å². The van der Waals surface area contributed by atoms with Crippen LogP contribution in [0.4, 0.5) is 0 Å². The van der Waals surface area contributed by atoms with Crippen LogP contribution in [-0.2, 0) is 4.79 Å². The number of hydrogen-bond donors (Lipinski definition) is 4. The number of aromatic hydroxyl groups is 2. The quantitative estimate of drug-likeness (QED) is 0.539. The minimum atomic E-state index is -0.509. The first kappa shape index (κ1) is 11.7. The molecule has 0 aromatic heterocycles. The summed E-state index contributed by atoms with van der Waals surface area (Å²) in [6.07, 6.45) is 0. The van der Waals surface area contributed by atoms with Crippen LogP contribution < -0.4 is 10.6 Å². The normalized spacial score (nSPS) is 23.2. The predicted octanol–water partition coefficient (Wildman–Crippen LogP) is 0.637. The SMILES string of the molecule is CC1(C)CNC(=O)C(c2ccc(O)c(O)c2)N1. The van der Waals surface area contributed by atoms with E-state index in [2.05, 4.69) is 10.6 Å².